The van der Waals surface area contributed by atoms with E-state index in [1.165, 1.54) is 266 Å². The van der Waals surface area contributed by atoms with E-state index in [1.807, 2.05) is 0 Å². The fraction of sp³-hybridized carbons (Fsp3) is 0.706. The van der Waals surface area contributed by atoms with E-state index in [0.29, 0.717) is 0 Å². The number of aryl methyl sites for hydroxylation is 2. The number of allylic oxidation sites excluding steroid dienone is 4. The first-order valence-corrected chi connectivity index (χ1v) is 31.0. The maximum atomic E-state index is 12.3. The van der Waals surface area contributed by atoms with Crippen LogP contribution in [0, 0.1) is 11.8 Å². The number of hydrogen-bond acceptors (Lipinski definition) is 0. The van der Waals surface area contributed by atoms with Gasteiger partial charge in [-0.1, -0.05) is 307 Å². The van der Waals surface area contributed by atoms with E-state index in [-0.39, 0.29) is 0 Å². The third-order valence-electron chi connectivity index (χ3n) is 15.1. The summed E-state index contributed by atoms with van der Waals surface area (Å²) < 4.78 is 1.48. The molecule has 0 N–H and O–H groups in total. The highest BCUT2D eigenvalue weighted by atomic mass is 15.2. The molecule has 0 unspecified atom stereocenters. The minimum atomic E-state index is 0.833. The number of nitrogens with zero attached hydrogens (tertiary/aromatic N) is 2. The van der Waals surface area contributed by atoms with Crippen LogP contribution in [0.25, 0.3) is 16.9 Å². The van der Waals surface area contributed by atoms with Crippen molar-refractivity contribution >= 4 is 11.4 Å². The van der Waals surface area contributed by atoms with Gasteiger partial charge in [-0.05, 0) is 80.3 Å². The second kappa shape index (κ2) is 43.4. The largest absolute Gasteiger partial charge is 0.493 e. The van der Waals surface area contributed by atoms with Crippen LogP contribution in [0.4, 0.5) is 0 Å². The average Bonchev–Trinajstić information content (AvgIpc) is 3.65. The highest BCUT2D eigenvalue weighted by molar-refractivity contribution is 5.87. The van der Waals surface area contributed by atoms with Gasteiger partial charge in [0.1, 0.15) is 5.57 Å². The van der Waals surface area contributed by atoms with E-state index in [1.54, 1.807) is 0 Å². The lowest BCUT2D eigenvalue weighted by Crippen LogP contribution is -2.03. The van der Waals surface area contributed by atoms with Gasteiger partial charge in [0.2, 0.25) is 11.4 Å². The van der Waals surface area contributed by atoms with Crippen molar-refractivity contribution in [1.29, 1.82) is 0 Å². The fourth-order valence-corrected chi connectivity index (χ4v) is 10.5. The molecule has 70 heavy (non-hydrogen) atoms. The minimum Gasteiger partial charge on any atom is -0.493 e. The van der Waals surface area contributed by atoms with Crippen molar-refractivity contribution in [3.05, 3.63) is 99.6 Å². The van der Waals surface area contributed by atoms with Gasteiger partial charge in [0.25, 0.3) is 0 Å². The van der Waals surface area contributed by atoms with Crippen LogP contribution in [0.15, 0.2) is 71.8 Å². The molecule has 2 nitrogen and oxygen atoms in total. The Bertz CT molecular complexity index is 1740. The van der Waals surface area contributed by atoms with Crippen LogP contribution in [-0.4, -0.2) is 4.70 Å². The Kier molecular flexibility index (Phi) is 37.9. The Morgan fingerprint density at radius 3 is 1.29 bits per heavy atom. The zero-order valence-electron chi connectivity index (χ0n) is 46.8. The van der Waals surface area contributed by atoms with Gasteiger partial charge in [-0.15, -0.1) is 0 Å². The monoisotopic (exact) mass is 955 g/mol. The molecule has 0 amide bonds. The Balaban J connectivity index is 1.47. The summed E-state index contributed by atoms with van der Waals surface area (Å²) in [6.07, 6.45) is 63.7. The molecule has 1 aliphatic heterocycles. The molecule has 2 aromatic rings. The van der Waals surface area contributed by atoms with Crippen LogP contribution < -0.4 is 0 Å². The molecule has 0 aliphatic carbocycles. The molecule has 1 heterocycles. The molecule has 392 valence electrons. The van der Waals surface area contributed by atoms with Crippen molar-refractivity contribution in [1.82, 2.24) is 0 Å². The van der Waals surface area contributed by atoms with Crippen molar-refractivity contribution in [2.45, 2.75) is 310 Å². The predicted molar refractivity (Wildman–Crippen MR) is 311 cm³/mol. The van der Waals surface area contributed by atoms with Crippen molar-refractivity contribution < 1.29 is 4.70 Å². The molecule has 0 atom stereocenters. The molecular weight excluding hydrogens is 845 g/mol. The van der Waals surface area contributed by atoms with Gasteiger partial charge in [0.05, 0.1) is 5.57 Å². The molecule has 0 radical (unpaired) electrons. The van der Waals surface area contributed by atoms with Gasteiger partial charge < -0.3 is 5.53 Å². The SMILES string of the molecule is CCCCCCCCC#CC1=C(c2cccc(CCCC)c2)[N+](=[N-])C(c2ccc(CCCCCCCC)cc2)=C1C=CCCCCCCCCCCCCCCCCCCCCCCCCCCCC. The molecule has 0 saturated heterocycles. The summed E-state index contributed by atoms with van der Waals surface area (Å²) in [5.41, 5.74) is 20.9. The van der Waals surface area contributed by atoms with Crippen LogP contribution in [0.5, 0.6) is 0 Å². The summed E-state index contributed by atoms with van der Waals surface area (Å²) in [4.78, 5) is 0. The minimum absolute atomic E-state index is 0.833. The molecule has 0 saturated carbocycles. The predicted octanol–water partition coefficient (Wildman–Crippen LogP) is 23.0. The second-order valence-corrected chi connectivity index (χ2v) is 21.7. The quantitative estimate of drug-likeness (QED) is 0.0359. The standard InChI is InChI=1S/C68H110N2/c1-5-9-13-16-19-21-22-23-24-25-26-27-28-29-30-31-32-33-34-35-36-37-38-39-40-42-45-47-54-65-66(55-48-44-41-20-17-14-10-6-2)68(64-53-49-52-62(60-64)50-12-8-4)70(69)67(65)63-58-56-61(57-59-63)51-46-43-18-15-11-7-3/h47,49,52-54,56-60H,5-46,50-51H2,1-4H3. The summed E-state index contributed by atoms with van der Waals surface area (Å²) in [5, 5.41) is 0. The Hall–Kier alpha value is -3.18. The highest BCUT2D eigenvalue weighted by Gasteiger charge is 2.34. The van der Waals surface area contributed by atoms with Crippen LogP contribution in [0.1, 0.15) is 320 Å². The zero-order chi connectivity index (χ0) is 49.8. The maximum absolute atomic E-state index is 12.3. The molecule has 0 spiro atoms. The lowest BCUT2D eigenvalue weighted by atomic mass is 9.97. The maximum Gasteiger partial charge on any atom is 0.223 e. The molecule has 0 bridgehead atoms. The summed E-state index contributed by atoms with van der Waals surface area (Å²) in [7, 11) is 0. The number of rotatable bonds is 46. The molecule has 2 heteroatoms. The fourth-order valence-electron chi connectivity index (χ4n) is 10.5. The van der Waals surface area contributed by atoms with Crippen LogP contribution in [0.3, 0.4) is 0 Å². The van der Waals surface area contributed by atoms with Crippen molar-refractivity contribution in [3.8, 4) is 11.8 Å². The molecular formula is C68H110N2. The first-order valence-electron chi connectivity index (χ1n) is 31.0. The number of benzene rings is 2. The number of hydrogen-bond donors (Lipinski definition) is 0. The smallest absolute Gasteiger partial charge is 0.223 e. The van der Waals surface area contributed by atoms with Crippen LogP contribution in [0.2, 0.25) is 0 Å². The van der Waals surface area contributed by atoms with Crippen molar-refractivity contribution in [2.75, 3.05) is 0 Å². The van der Waals surface area contributed by atoms with E-state index in [2.05, 4.69) is 100 Å². The molecule has 3 rings (SSSR count). The van der Waals surface area contributed by atoms with Gasteiger partial charge in [-0.2, -0.15) is 0 Å². The van der Waals surface area contributed by atoms with Crippen LogP contribution >= 0.6 is 0 Å². The highest BCUT2D eigenvalue weighted by Crippen LogP contribution is 2.41. The zero-order valence-corrected chi connectivity index (χ0v) is 46.8. The third-order valence-corrected chi connectivity index (χ3v) is 15.1. The Morgan fingerprint density at radius 2 is 0.814 bits per heavy atom. The average molecular weight is 956 g/mol. The van der Waals surface area contributed by atoms with Crippen molar-refractivity contribution in [3.63, 3.8) is 0 Å². The normalized spacial score (nSPS) is 12.8. The summed E-state index contributed by atoms with van der Waals surface area (Å²) in [5.74, 6) is 7.27. The third kappa shape index (κ3) is 28.2. The first-order chi connectivity index (χ1) is 34.6. The molecule has 1 aliphatic rings. The van der Waals surface area contributed by atoms with Crippen LogP contribution in [-0.2, 0) is 12.8 Å². The summed E-state index contributed by atoms with van der Waals surface area (Å²) >= 11 is 0. The molecule has 2 aromatic carbocycles. The van der Waals surface area contributed by atoms with Gasteiger partial charge >= 0.3 is 0 Å². The lowest BCUT2D eigenvalue weighted by Gasteiger charge is -2.11. The van der Waals surface area contributed by atoms with Gasteiger partial charge in [-0.3, -0.25) is 0 Å². The summed E-state index contributed by atoms with van der Waals surface area (Å²) in [6, 6.07) is 17.9. The van der Waals surface area contributed by atoms with E-state index >= 15 is 0 Å². The Morgan fingerprint density at radius 1 is 0.400 bits per heavy atom. The van der Waals surface area contributed by atoms with E-state index in [9.17, 15) is 5.53 Å². The van der Waals surface area contributed by atoms with E-state index < -0.39 is 0 Å². The first kappa shape index (κ1) is 61.1. The van der Waals surface area contributed by atoms with Gasteiger partial charge in [-0.25, -0.2) is 4.70 Å². The Labute approximate surface area is 435 Å². The van der Waals surface area contributed by atoms with E-state index in [0.717, 1.165) is 65.8 Å². The van der Waals surface area contributed by atoms with Gasteiger partial charge in [0, 0.05) is 17.5 Å². The summed E-state index contributed by atoms with van der Waals surface area (Å²) in [6.45, 7) is 9.14. The topological polar surface area (TPSA) is 25.3 Å². The van der Waals surface area contributed by atoms with Gasteiger partial charge in [0.15, 0.2) is 0 Å². The van der Waals surface area contributed by atoms with E-state index in [4.69, 9.17) is 0 Å². The second-order valence-electron chi connectivity index (χ2n) is 21.7. The molecule has 0 aromatic heterocycles. The lowest BCUT2D eigenvalue weighted by molar-refractivity contribution is -0.344. The molecule has 0 fully saturated rings. The number of unbranched alkanes of at least 4 members (excludes halogenated alkanes) is 38. The van der Waals surface area contributed by atoms with Crippen molar-refractivity contribution in [2.24, 2.45) is 0 Å².